The van der Waals surface area contributed by atoms with E-state index in [1.807, 2.05) is 0 Å². The lowest BCUT2D eigenvalue weighted by atomic mass is 10.1. The Morgan fingerprint density at radius 3 is 2.84 bits per heavy atom. The minimum Gasteiger partial charge on any atom is -0.494 e. The Kier molecular flexibility index (Phi) is 4.85. The fraction of sp³-hybridized carbons (Fsp3) is 0.429. The van der Waals surface area contributed by atoms with Gasteiger partial charge in [-0.25, -0.2) is 19.3 Å². The van der Waals surface area contributed by atoms with E-state index in [9.17, 15) is 4.79 Å². The fourth-order valence-electron chi connectivity index (χ4n) is 4.58. The second-order valence-corrected chi connectivity index (χ2v) is 8.16. The Balaban J connectivity index is 1.41. The van der Waals surface area contributed by atoms with E-state index >= 15 is 0 Å². The van der Waals surface area contributed by atoms with Crippen molar-refractivity contribution in [1.82, 2.24) is 24.9 Å². The summed E-state index contributed by atoms with van der Waals surface area (Å²) in [6.07, 6.45) is 5.72. The number of hydrogen-bond acceptors (Lipinski definition) is 7. The Hall–Kier alpha value is -3.40. The quantitative estimate of drug-likeness (QED) is 0.665. The lowest BCUT2D eigenvalue weighted by Crippen LogP contribution is -2.54. The standard InChI is InChI=1S/C21H26N8O2/c1-13-9-27(10-14(2)25-13)17-4-6-22-20-15(17)5-7-28(20)21(30)26-16-11-29-19(23-12-24-29)8-18(16)31-3/h4,6,8,11-14,25H,5,7,9-10H2,1-3H3,(H,26,30)/t13-,14+. The van der Waals surface area contributed by atoms with Gasteiger partial charge in [0.2, 0.25) is 0 Å². The van der Waals surface area contributed by atoms with Gasteiger partial charge in [0, 0.05) is 55.2 Å². The Morgan fingerprint density at radius 1 is 1.26 bits per heavy atom. The third kappa shape index (κ3) is 3.52. The topological polar surface area (TPSA) is 99.9 Å². The van der Waals surface area contributed by atoms with E-state index in [1.165, 1.54) is 12.0 Å². The van der Waals surface area contributed by atoms with Crippen molar-refractivity contribution in [2.24, 2.45) is 0 Å². The van der Waals surface area contributed by atoms with Gasteiger partial charge in [-0.15, -0.1) is 0 Å². The van der Waals surface area contributed by atoms with Crippen LogP contribution in [-0.2, 0) is 6.42 Å². The molecule has 31 heavy (non-hydrogen) atoms. The van der Waals surface area contributed by atoms with Crippen LogP contribution in [0.3, 0.4) is 0 Å². The molecule has 2 N–H and O–H groups in total. The van der Waals surface area contributed by atoms with Gasteiger partial charge in [0.1, 0.15) is 23.6 Å². The molecule has 2 amide bonds. The molecule has 1 fully saturated rings. The van der Waals surface area contributed by atoms with Crippen LogP contribution in [0.1, 0.15) is 19.4 Å². The molecule has 1 saturated heterocycles. The van der Waals surface area contributed by atoms with E-state index in [4.69, 9.17) is 4.74 Å². The van der Waals surface area contributed by atoms with E-state index in [1.54, 1.807) is 35.0 Å². The van der Waals surface area contributed by atoms with Crippen LogP contribution in [0.4, 0.5) is 22.0 Å². The summed E-state index contributed by atoms with van der Waals surface area (Å²) in [6, 6.07) is 4.37. The zero-order valence-electron chi connectivity index (χ0n) is 17.9. The Labute approximate surface area is 180 Å². The van der Waals surface area contributed by atoms with Crippen molar-refractivity contribution in [2.75, 3.05) is 41.9 Å². The monoisotopic (exact) mass is 422 g/mol. The van der Waals surface area contributed by atoms with E-state index in [-0.39, 0.29) is 6.03 Å². The van der Waals surface area contributed by atoms with Crippen molar-refractivity contribution >= 4 is 28.9 Å². The molecular formula is C21H26N8O2. The summed E-state index contributed by atoms with van der Waals surface area (Å²) in [5, 5.41) is 10.6. The molecule has 3 aromatic rings. The number of piperazine rings is 1. The second kappa shape index (κ2) is 7.69. The van der Waals surface area contributed by atoms with E-state index in [0.29, 0.717) is 35.7 Å². The molecule has 0 bridgehead atoms. The highest BCUT2D eigenvalue weighted by atomic mass is 16.5. The molecule has 2 atom stereocenters. The number of nitrogens with one attached hydrogen (secondary N) is 2. The van der Waals surface area contributed by atoms with Gasteiger partial charge in [-0.2, -0.15) is 5.10 Å². The number of aromatic nitrogens is 4. The normalized spacial score (nSPS) is 20.7. The summed E-state index contributed by atoms with van der Waals surface area (Å²) < 4.78 is 7.03. The average molecular weight is 422 g/mol. The van der Waals surface area contributed by atoms with Crippen molar-refractivity contribution in [3.05, 3.63) is 36.4 Å². The first kappa shape index (κ1) is 19.6. The highest BCUT2D eigenvalue weighted by Crippen LogP contribution is 2.35. The third-order valence-electron chi connectivity index (χ3n) is 5.83. The maximum absolute atomic E-state index is 13.2. The number of urea groups is 1. The van der Waals surface area contributed by atoms with Gasteiger partial charge < -0.3 is 20.3 Å². The van der Waals surface area contributed by atoms with Gasteiger partial charge >= 0.3 is 6.03 Å². The van der Waals surface area contributed by atoms with Crippen LogP contribution in [0, 0.1) is 0 Å². The molecule has 0 aromatic carbocycles. The lowest BCUT2D eigenvalue weighted by Gasteiger charge is -2.38. The third-order valence-corrected chi connectivity index (χ3v) is 5.83. The molecular weight excluding hydrogens is 396 g/mol. The number of nitrogens with zero attached hydrogens (tertiary/aromatic N) is 6. The number of fused-ring (bicyclic) bond motifs is 2. The highest BCUT2D eigenvalue weighted by molar-refractivity contribution is 6.03. The van der Waals surface area contributed by atoms with Crippen LogP contribution < -0.4 is 25.2 Å². The number of carbonyl (C=O) groups excluding carboxylic acids is 1. The molecule has 162 valence electrons. The van der Waals surface area contributed by atoms with E-state index in [0.717, 1.165) is 30.9 Å². The molecule has 10 nitrogen and oxygen atoms in total. The van der Waals surface area contributed by atoms with Crippen molar-refractivity contribution in [3.63, 3.8) is 0 Å². The molecule has 2 aliphatic heterocycles. The predicted molar refractivity (Wildman–Crippen MR) is 118 cm³/mol. The summed E-state index contributed by atoms with van der Waals surface area (Å²) in [7, 11) is 1.56. The molecule has 0 unspecified atom stereocenters. The van der Waals surface area contributed by atoms with Gasteiger partial charge in [0.15, 0.2) is 5.65 Å². The first-order valence-corrected chi connectivity index (χ1v) is 10.5. The van der Waals surface area contributed by atoms with Gasteiger partial charge in [-0.3, -0.25) is 4.90 Å². The minimum absolute atomic E-state index is 0.247. The smallest absolute Gasteiger partial charge is 0.327 e. The molecule has 0 aliphatic carbocycles. The molecule has 0 radical (unpaired) electrons. The summed E-state index contributed by atoms with van der Waals surface area (Å²) in [5.41, 5.74) is 3.46. The average Bonchev–Trinajstić information content (AvgIpc) is 3.38. The molecule has 5 rings (SSSR count). The van der Waals surface area contributed by atoms with Crippen LogP contribution in [0.2, 0.25) is 0 Å². The first-order valence-electron chi connectivity index (χ1n) is 10.5. The molecule has 2 aliphatic rings. The van der Waals surface area contributed by atoms with Crippen molar-refractivity contribution < 1.29 is 9.53 Å². The first-order chi connectivity index (χ1) is 15.0. The molecule has 0 spiro atoms. The number of methoxy groups -OCH3 is 1. The van der Waals surface area contributed by atoms with Crippen LogP contribution in [-0.4, -0.2) is 64.4 Å². The van der Waals surface area contributed by atoms with E-state index in [2.05, 4.69) is 50.5 Å². The number of carbonyl (C=O) groups is 1. The van der Waals surface area contributed by atoms with Gasteiger partial charge in [-0.1, -0.05) is 0 Å². The Bertz CT molecular complexity index is 1120. The van der Waals surface area contributed by atoms with Gasteiger partial charge in [0.25, 0.3) is 0 Å². The zero-order chi connectivity index (χ0) is 21.5. The summed E-state index contributed by atoms with van der Waals surface area (Å²) in [6.45, 7) is 6.84. The van der Waals surface area contributed by atoms with E-state index < -0.39 is 0 Å². The number of rotatable bonds is 3. The lowest BCUT2D eigenvalue weighted by molar-refractivity contribution is 0.257. The molecule has 3 aromatic heterocycles. The van der Waals surface area contributed by atoms with Gasteiger partial charge in [-0.05, 0) is 26.3 Å². The number of pyridine rings is 2. The number of hydrogen-bond donors (Lipinski definition) is 2. The van der Waals surface area contributed by atoms with Crippen molar-refractivity contribution in [1.29, 1.82) is 0 Å². The van der Waals surface area contributed by atoms with Crippen molar-refractivity contribution in [2.45, 2.75) is 32.4 Å². The van der Waals surface area contributed by atoms with Crippen LogP contribution in [0.15, 0.2) is 30.9 Å². The number of anilines is 3. The van der Waals surface area contributed by atoms with Crippen molar-refractivity contribution in [3.8, 4) is 5.75 Å². The summed E-state index contributed by atoms with van der Waals surface area (Å²) >= 11 is 0. The molecule has 5 heterocycles. The van der Waals surface area contributed by atoms with Gasteiger partial charge in [0.05, 0.1) is 13.3 Å². The fourth-order valence-corrected chi connectivity index (χ4v) is 4.58. The maximum atomic E-state index is 13.2. The summed E-state index contributed by atoms with van der Waals surface area (Å²) in [4.78, 5) is 25.9. The SMILES string of the molecule is COc1cc2ncnn2cc1NC(=O)N1CCc2c(N3C[C@@H](C)N[C@@H](C)C3)ccnc21. The van der Waals surface area contributed by atoms with Crippen LogP contribution in [0.5, 0.6) is 5.75 Å². The minimum atomic E-state index is -0.247. The zero-order valence-corrected chi connectivity index (χ0v) is 17.9. The maximum Gasteiger partial charge on any atom is 0.327 e. The van der Waals surface area contributed by atoms with Crippen LogP contribution in [0.25, 0.3) is 5.65 Å². The second-order valence-electron chi connectivity index (χ2n) is 8.16. The Morgan fingerprint density at radius 2 is 2.06 bits per heavy atom. The largest absolute Gasteiger partial charge is 0.494 e. The molecule has 10 heteroatoms. The van der Waals surface area contributed by atoms with Crippen LogP contribution >= 0.6 is 0 Å². The highest BCUT2D eigenvalue weighted by Gasteiger charge is 2.31. The molecule has 0 saturated carbocycles. The predicted octanol–water partition coefficient (Wildman–Crippen LogP) is 1.91. The number of amides is 2. The summed E-state index contributed by atoms with van der Waals surface area (Å²) in [5.74, 6) is 1.24. The number of ether oxygens (including phenoxy) is 1.